The number of aliphatic carboxylic acids is 1. The number of nitrogens with zero attached hydrogens (tertiary/aromatic N) is 1. The molecule has 0 amide bonds. The van der Waals surface area contributed by atoms with Crippen molar-refractivity contribution in [1.82, 2.24) is 9.88 Å². The lowest BCUT2D eigenvalue weighted by molar-refractivity contribution is -0.131. The molecular weight excluding hydrogens is 418 g/mol. The van der Waals surface area contributed by atoms with Crippen LogP contribution in [0.4, 0.5) is 0 Å². The Morgan fingerprint density at radius 1 is 1.00 bits per heavy atom. The fourth-order valence-electron chi connectivity index (χ4n) is 3.65. The summed E-state index contributed by atoms with van der Waals surface area (Å²) in [6.45, 7) is 5.30. The number of carboxylic acid groups (broad SMARTS) is 1. The van der Waals surface area contributed by atoms with Gasteiger partial charge in [-0.2, -0.15) is 0 Å². The van der Waals surface area contributed by atoms with Crippen molar-refractivity contribution in [3.05, 3.63) is 77.5 Å². The number of hydrogen-bond acceptors (Lipinski definition) is 5. The van der Waals surface area contributed by atoms with Gasteiger partial charge in [0.05, 0.1) is 26.4 Å². The van der Waals surface area contributed by atoms with Crippen LogP contribution >= 0.6 is 0 Å². The van der Waals surface area contributed by atoms with Gasteiger partial charge in [-0.1, -0.05) is 42.5 Å². The van der Waals surface area contributed by atoms with Crippen molar-refractivity contribution in [3.8, 4) is 0 Å². The van der Waals surface area contributed by atoms with E-state index in [0.717, 1.165) is 43.2 Å². The van der Waals surface area contributed by atoms with E-state index in [1.54, 1.807) is 6.08 Å². The average Bonchev–Trinajstić information content (AvgIpc) is 3.24. The first kappa shape index (κ1) is 24.7. The number of fused-ring (bicyclic) bond motifs is 1. The fraction of sp³-hybridized carbons (Fsp3) is 0.346. The highest BCUT2D eigenvalue weighted by atomic mass is 16.5. The van der Waals surface area contributed by atoms with Crippen LogP contribution in [0.25, 0.3) is 17.0 Å². The number of nitrogens with two attached hydrogens (primary N) is 1. The molecule has 0 saturated carbocycles. The van der Waals surface area contributed by atoms with E-state index in [4.69, 9.17) is 20.3 Å². The van der Waals surface area contributed by atoms with Gasteiger partial charge in [-0.3, -0.25) is 4.90 Å². The van der Waals surface area contributed by atoms with Crippen LogP contribution in [0.3, 0.4) is 0 Å². The van der Waals surface area contributed by atoms with Crippen LogP contribution in [0.15, 0.2) is 60.8 Å². The largest absolute Gasteiger partial charge is 0.478 e. The van der Waals surface area contributed by atoms with E-state index in [2.05, 4.69) is 34.3 Å². The SMILES string of the molecule is NCCOCCOCCN(CCc1c[nH]c2ccccc12)Cc1ccc(/C=C/C(=O)O)cc1. The summed E-state index contributed by atoms with van der Waals surface area (Å²) in [5.74, 6) is -0.948. The van der Waals surface area contributed by atoms with Crippen LogP contribution in [-0.4, -0.2) is 67.0 Å². The highest BCUT2D eigenvalue weighted by molar-refractivity contribution is 5.85. The highest BCUT2D eigenvalue weighted by Crippen LogP contribution is 2.19. The molecule has 2 aromatic carbocycles. The molecular formula is C26H33N3O4. The van der Waals surface area contributed by atoms with Gasteiger partial charge in [0.25, 0.3) is 0 Å². The number of para-hydroxylation sites is 1. The van der Waals surface area contributed by atoms with E-state index in [-0.39, 0.29) is 0 Å². The fourth-order valence-corrected chi connectivity index (χ4v) is 3.65. The predicted molar refractivity (Wildman–Crippen MR) is 131 cm³/mol. The molecule has 4 N–H and O–H groups in total. The zero-order chi connectivity index (χ0) is 23.3. The number of carbonyl (C=O) groups is 1. The lowest BCUT2D eigenvalue weighted by atomic mass is 10.1. The Hall–Kier alpha value is -2.97. The molecule has 0 fully saturated rings. The van der Waals surface area contributed by atoms with Crippen molar-refractivity contribution in [2.75, 3.05) is 46.1 Å². The van der Waals surface area contributed by atoms with Gasteiger partial charge in [0, 0.05) is 49.4 Å². The summed E-state index contributed by atoms with van der Waals surface area (Å²) in [5.41, 5.74) is 9.93. The van der Waals surface area contributed by atoms with Crippen LogP contribution in [0.5, 0.6) is 0 Å². The lowest BCUT2D eigenvalue weighted by Gasteiger charge is -2.22. The third kappa shape index (κ3) is 8.47. The molecule has 1 heterocycles. The summed E-state index contributed by atoms with van der Waals surface area (Å²) in [4.78, 5) is 16.4. The van der Waals surface area contributed by atoms with Gasteiger partial charge in [-0.25, -0.2) is 4.79 Å². The van der Waals surface area contributed by atoms with Gasteiger partial charge in [0.1, 0.15) is 0 Å². The molecule has 7 nitrogen and oxygen atoms in total. The minimum atomic E-state index is -0.948. The Labute approximate surface area is 194 Å². The van der Waals surface area contributed by atoms with E-state index in [1.807, 2.05) is 30.3 Å². The van der Waals surface area contributed by atoms with E-state index >= 15 is 0 Å². The Bertz CT molecular complexity index is 1010. The van der Waals surface area contributed by atoms with Crippen LogP contribution in [0.1, 0.15) is 16.7 Å². The first-order valence-corrected chi connectivity index (χ1v) is 11.3. The molecule has 0 aliphatic carbocycles. The van der Waals surface area contributed by atoms with E-state index in [1.165, 1.54) is 16.5 Å². The second-order valence-electron chi connectivity index (χ2n) is 7.81. The number of H-pyrrole nitrogens is 1. The highest BCUT2D eigenvalue weighted by Gasteiger charge is 2.09. The van der Waals surface area contributed by atoms with Gasteiger partial charge in [0.2, 0.25) is 0 Å². The molecule has 0 bridgehead atoms. The van der Waals surface area contributed by atoms with Gasteiger partial charge in [-0.15, -0.1) is 0 Å². The maximum atomic E-state index is 10.7. The van der Waals surface area contributed by atoms with E-state index in [0.29, 0.717) is 33.0 Å². The summed E-state index contributed by atoms with van der Waals surface area (Å²) in [6, 6.07) is 16.3. The number of ether oxygens (including phenoxy) is 2. The number of benzene rings is 2. The van der Waals surface area contributed by atoms with Gasteiger partial charge < -0.3 is 25.3 Å². The second kappa shape index (κ2) is 13.5. The quantitative estimate of drug-likeness (QED) is 0.242. The predicted octanol–water partition coefficient (Wildman–Crippen LogP) is 3.30. The number of nitrogens with one attached hydrogen (secondary N) is 1. The van der Waals surface area contributed by atoms with Crippen LogP contribution in [-0.2, 0) is 27.2 Å². The van der Waals surface area contributed by atoms with Crippen LogP contribution < -0.4 is 5.73 Å². The summed E-state index contributed by atoms with van der Waals surface area (Å²) >= 11 is 0. The van der Waals surface area contributed by atoms with Crippen LogP contribution in [0.2, 0.25) is 0 Å². The third-order valence-electron chi connectivity index (χ3n) is 5.36. The molecule has 0 aliphatic rings. The molecule has 0 atom stereocenters. The van der Waals surface area contributed by atoms with Gasteiger partial charge in [0.15, 0.2) is 0 Å². The summed E-state index contributed by atoms with van der Waals surface area (Å²) in [6.07, 6.45) is 5.78. The number of aromatic nitrogens is 1. The zero-order valence-corrected chi connectivity index (χ0v) is 18.9. The maximum absolute atomic E-state index is 10.7. The van der Waals surface area contributed by atoms with Crippen molar-refractivity contribution in [1.29, 1.82) is 0 Å². The first-order valence-electron chi connectivity index (χ1n) is 11.3. The van der Waals surface area contributed by atoms with Crippen molar-refractivity contribution >= 4 is 22.9 Å². The minimum absolute atomic E-state index is 0.520. The molecule has 0 spiro atoms. The lowest BCUT2D eigenvalue weighted by Crippen LogP contribution is -2.29. The minimum Gasteiger partial charge on any atom is -0.478 e. The monoisotopic (exact) mass is 451 g/mol. The number of aromatic amines is 1. The molecule has 3 aromatic rings. The smallest absolute Gasteiger partial charge is 0.328 e. The summed E-state index contributed by atoms with van der Waals surface area (Å²) in [7, 11) is 0. The number of hydrogen-bond donors (Lipinski definition) is 3. The normalized spacial score (nSPS) is 11.7. The molecule has 0 saturated heterocycles. The maximum Gasteiger partial charge on any atom is 0.328 e. The van der Waals surface area contributed by atoms with Crippen molar-refractivity contribution in [2.24, 2.45) is 5.73 Å². The average molecular weight is 452 g/mol. The van der Waals surface area contributed by atoms with Gasteiger partial charge >= 0.3 is 5.97 Å². The Kier molecular flexibility index (Phi) is 10.1. The molecule has 0 radical (unpaired) electrons. The molecule has 176 valence electrons. The standard InChI is InChI=1S/C26H33N3O4/c27-12-15-32-17-18-33-16-14-29(13-11-23-19-28-25-4-2-1-3-24(23)25)20-22-7-5-21(6-8-22)9-10-26(30)31/h1-10,19,28H,11-18,20,27H2,(H,30,31)/b10-9+. The summed E-state index contributed by atoms with van der Waals surface area (Å²) < 4.78 is 11.1. The van der Waals surface area contributed by atoms with Crippen molar-refractivity contribution < 1.29 is 19.4 Å². The molecule has 7 heteroatoms. The zero-order valence-electron chi connectivity index (χ0n) is 18.9. The number of carboxylic acids is 1. The molecule has 33 heavy (non-hydrogen) atoms. The second-order valence-corrected chi connectivity index (χ2v) is 7.81. The van der Waals surface area contributed by atoms with Gasteiger partial charge in [-0.05, 0) is 35.3 Å². The summed E-state index contributed by atoms with van der Waals surface area (Å²) in [5, 5.41) is 10.1. The topological polar surface area (TPSA) is 101 Å². The third-order valence-corrected chi connectivity index (χ3v) is 5.36. The molecule has 1 aromatic heterocycles. The van der Waals surface area contributed by atoms with E-state index < -0.39 is 5.97 Å². The van der Waals surface area contributed by atoms with Crippen molar-refractivity contribution in [2.45, 2.75) is 13.0 Å². The molecule has 0 unspecified atom stereocenters. The Morgan fingerprint density at radius 2 is 1.76 bits per heavy atom. The molecule has 3 rings (SSSR count). The Balaban J connectivity index is 1.57. The van der Waals surface area contributed by atoms with E-state index in [9.17, 15) is 4.79 Å². The molecule has 0 aliphatic heterocycles. The van der Waals surface area contributed by atoms with Crippen LogP contribution in [0, 0.1) is 0 Å². The first-order chi connectivity index (χ1) is 16.2. The Morgan fingerprint density at radius 3 is 2.52 bits per heavy atom. The van der Waals surface area contributed by atoms with Crippen molar-refractivity contribution in [3.63, 3.8) is 0 Å². The number of rotatable bonds is 15.